The highest BCUT2D eigenvalue weighted by atomic mass is 79.9. The van der Waals surface area contributed by atoms with E-state index >= 15 is 0 Å². The third-order valence-corrected chi connectivity index (χ3v) is 4.14. The molecule has 1 heterocycles. The normalized spacial score (nSPS) is 14.2. The first-order chi connectivity index (χ1) is 12.3. The van der Waals surface area contributed by atoms with Crippen LogP contribution in [-0.4, -0.2) is 42.3 Å². The summed E-state index contributed by atoms with van der Waals surface area (Å²) in [5.74, 6) is -2.05. The zero-order valence-electron chi connectivity index (χ0n) is 14.2. The van der Waals surface area contributed by atoms with Crippen LogP contribution in [-0.2, 0) is 19.1 Å². The van der Waals surface area contributed by atoms with Crippen molar-refractivity contribution in [3.8, 4) is 5.75 Å². The average Bonchev–Trinajstić information content (AvgIpc) is 2.61. The second-order valence-electron chi connectivity index (χ2n) is 5.31. The van der Waals surface area contributed by atoms with Gasteiger partial charge in [-0.15, -0.1) is 0 Å². The van der Waals surface area contributed by atoms with E-state index in [2.05, 4.69) is 20.7 Å². The number of hydrogen-bond donors (Lipinski definition) is 0. The first-order valence-electron chi connectivity index (χ1n) is 7.64. The molecule has 136 valence electrons. The van der Waals surface area contributed by atoms with Gasteiger partial charge in [-0.05, 0) is 46.1 Å². The van der Waals surface area contributed by atoms with Gasteiger partial charge in [-0.3, -0.25) is 19.3 Å². The summed E-state index contributed by atoms with van der Waals surface area (Å²) in [7, 11) is 1.21. The average molecular weight is 422 g/mol. The van der Waals surface area contributed by atoms with Gasteiger partial charge in [-0.1, -0.05) is 12.1 Å². The van der Waals surface area contributed by atoms with E-state index in [-0.39, 0.29) is 11.3 Å². The van der Waals surface area contributed by atoms with Gasteiger partial charge in [0.05, 0.1) is 11.6 Å². The fourth-order valence-corrected chi connectivity index (χ4v) is 2.71. The van der Waals surface area contributed by atoms with E-state index in [4.69, 9.17) is 4.74 Å². The van der Waals surface area contributed by atoms with Gasteiger partial charge in [0.15, 0.2) is 0 Å². The number of carbonyl (C=O) groups is 4. The lowest BCUT2D eigenvalue weighted by molar-refractivity contribution is -0.139. The quantitative estimate of drug-likeness (QED) is 0.421. The van der Waals surface area contributed by atoms with Crippen molar-refractivity contribution in [2.24, 2.45) is 0 Å². The lowest BCUT2D eigenvalue weighted by Crippen LogP contribution is -2.38. The summed E-state index contributed by atoms with van der Waals surface area (Å²) in [6, 6.07) is 4.44. The minimum Gasteiger partial charge on any atom is -0.465 e. The van der Waals surface area contributed by atoms with Crippen LogP contribution < -0.4 is 4.74 Å². The first kappa shape index (κ1) is 19.6. The largest absolute Gasteiger partial charge is 0.465 e. The fraction of sp³-hybridized carbons (Fsp3) is 0.222. The summed E-state index contributed by atoms with van der Waals surface area (Å²) in [5.41, 5.74) is 0.561. The minimum atomic E-state index is -0.678. The van der Waals surface area contributed by atoms with Gasteiger partial charge < -0.3 is 9.47 Å². The van der Waals surface area contributed by atoms with E-state index in [1.807, 2.05) is 0 Å². The van der Waals surface area contributed by atoms with Gasteiger partial charge in [-0.25, -0.2) is 4.79 Å². The van der Waals surface area contributed by atoms with Crippen LogP contribution >= 0.6 is 15.9 Å². The molecule has 0 saturated carbocycles. The van der Waals surface area contributed by atoms with E-state index in [0.29, 0.717) is 23.0 Å². The maximum Gasteiger partial charge on any atom is 0.341 e. The lowest BCUT2D eigenvalue weighted by atomic mass is 10.1. The molecule has 1 aliphatic rings. The number of nitrogens with zero attached hydrogens (tertiary/aromatic N) is 1. The van der Waals surface area contributed by atoms with Crippen LogP contribution in [0, 0.1) is 0 Å². The van der Waals surface area contributed by atoms with Gasteiger partial charge in [-0.2, -0.15) is 0 Å². The summed E-state index contributed by atoms with van der Waals surface area (Å²) in [4.78, 5) is 48.3. The van der Waals surface area contributed by atoms with Crippen molar-refractivity contribution in [1.29, 1.82) is 0 Å². The Balaban J connectivity index is 2.23. The van der Waals surface area contributed by atoms with Crippen LogP contribution in [0.2, 0.25) is 0 Å². The summed E-state index contributed by atoms with van der Waals surface area (Å²) in [6.45, 7) is 1.52. The SMILES string of the molecule is COC(=O)c1cc(C=CC(=O)N2CCC=C(Br)C2=O)ccc1OC(C)=O. The Hall–Kier alpha value is -2.74. The maximum absolute atomic E-state index is 12.2. The van der Waals surface area contributed by atoms with Crippen molar-refractivity contribution in [3.63, 3.8) is 0 Å². The molecule has 0 aromatic heterocycles. The molecule has 0 N–H and O–H groups in total. The summed E-state index contributed by atoms with van der Waals surface area (Å²) < 4.78 is 10.0. The Morgan fingerprint density at radius 1 is 1.27 bits per heavy atom. The van der Waals surface area contributed by atoms with Crippen LogP contribution in [0.3, 0.4) is 0 Å². The highest BCUT2D eigenvalue weighted by Gasteiger charge is 2.24. The van der Waals surface area contributed by atoms with Crippen molar-refractivity contribution in [2.45, 2.75) is 13.3 Å². The molecule has 0 bridgehead atoms. The molecule has 0 aliphatic carbocycles. The molecule has 0 spiro atoms. The van der Waals surface area contributed by atoms with Crippen molar-refractivity contribution >= 4 is 45.8 Å². The molecule has 1 aromatic carbocycles. The molecular formula is C18H16BrNO6. The predicted octanol–water partition coefficient (Wildman–Crippen LogP) is 2.45. The molecule has 0 unspecified atom stereocenters. The van der Waals surface area contributed by atoms with E-state index < -0.39 is 23.8 Å². The second-order valence-corrected chi connectivity index (χ2v) is 6.16. The Morgan fingerprint density at radius 3 is 2.65 bits per heavy atom. The molecule has 1 aliphatic heterocycles. The first-order valence-corrected chi connectivity index (χ1v) is 8.43. The highest BCUT2D eigenvalue weighted by molar-refractivity contribution is 9.12. The van der Waals surface area contributed by atoms with E-state index in [0.717, 1.165) is 4.90 Å². The number of halogens is 1. The molecule has 2 rings (SSSR count). The molecule has 26 heavy (non-hydrogen) atoms. The fourth-order valence-electron chi connectivity index (χ4n) is 2.27. The van der Waals surface area contributed by atoms with Gasteiger partial charge in [0.1, 0.15) is 11.3 Å². The lowest BCUT2D eigenvalue weighted by Gasteiger charge is -2.21. The number of esters is 2. The van der Waals surface area contributed by atoms with Gasteiger partial charge >= 0.3 is 11.9 Å². The van der Waals surface area contributed by atoms with E-state index in [1.54, 1.807) is 12.1 Å². The summed E-state index contributed by atoms with van der Waals surface area (Å²) in [5, 5.41) is 0. The number of carbonyl (C=O) groups excluding carboxylic acids is 4. The number of ether oxygens (including phenoxy) is 2. The van der Waals surface area contributed by atoms with Crippen LogP contribution in [0.25, 0.3) is 6.08 Å². The van der Waals surface area contributed by atoms with Crippen LogP contribution in [0.5, 0.6) is 5.75 Å². The highest BCUT2D eigenvalue weighted by Crippen LogP contribution is 2.23. The Bertz CT molecular complexity index is 827. The minimum absolute atomic E-state index is 0.0528. The number of hydrogen-bond acceptors (Lipinski definition) is 6. The molecule has 2 amide bonds. The molecular weight excluding hydrogens is 406 g/mol. The number of benzene rings is 1. The third-order valence-electron chi connectivity index (χ3n) is 3.47. The van der Waals surface area contributed by atoms with Crippen LogP contribution in [0.1, 0.15) is 29.3 Å². The van der Waals surface area contributed by atoms with Gasteiger partial charge in [0.25, 0.3) is 11.8 Å². The molecule has 1 aromatic rings. The van der Waals surface area contributed by atoms with Crippen molar-refractivity contribution in [1.82, 2.24) is 4.90 Å². The van der Waals surface area contributed by atoms with Crippen molar-refractivity contribution in [2.75, 3.05) is 13.7 Å². The molecule has 8 heteroatoms. The molecule has 7 nitrogen and oxygen atoms in total. The Kier molecular flexibility index (Phi) is 6.46. The van der Waals surface area contributed by atoms with Crippen molar-refractivity contribution < 1.29 is 28.7 Å². The molecule has 0 fully saturated rings. The van der Waals surface area contributed by atoms with Crippen LogP contribution in [0.15, 0.2) is 34.8 Å². The Labute approximate surface area is 158 Å². The molecule has 0 atom stereocenters. The zero-order chi connectivity index (χ0) is 19.3. The summed E-state index contributed by atoms with van der Waals surface area (Å²) in [6.07, 6.45) is 5.00. The number of methoxy groups -OCH3 is 1. The van der Waals surface area contributed by atoms with Crippen molar-refractivity contribution in [3.05, 3.63) is 46.0 Å². The third kappa shape index (κ3) is 4.66. The maximum atomic E-state index is 12.2. The molecule has 0 saturated heterocycles. The predicted molar refractivity (Wildman–Crippen MR) is 96.5 cm³/mol. The van der Waals surface area contributed by atoms with Crippen LogP contribution in [0.4, 0.5) is 0 Å². The number of amides is 2. The number of imide groups is 1. The zero-order valence-corrected chi connectivity index (χ0v) is 15.7. The van der Waals surface area contributed by atoms with E-state index in [1.165, 1.54) is 38.3 Å². The second kappa shape index (κ2) is 8.57. The smallest absolute Gasteiger partial charge is 0.341 e. The monoisotopic (exact) mass is 421 g/mol. The molecule has 0 radical (unpaired) electrons. The van der Waals surface area contributed by atoms with Gasteiger partial charge in [0.2, 0.25) is 0 Å². The number of rotatable bonds is 4. The summed E-state index contributed by atoms with van der Waals surface area (Å²) >= 11 is 3.12. The Morgan fingerprint density at radius 2 is 2.00 bits per heavy atom. The van der Waals surface area contributed by atoms with Gasteiger partial charge in [0, 0.05) is 19.5 Å². The topological polar surface area (TPSA) is 90.0 Å². The van der Waals surface area contributed by atoms with E-state index in [9.17, 15) is 19.2 Å². The standard InChI is InChI=1S/C18H16BrNO6/c1-11(21)26-15-7-5-12(10-13(15)18(24)25-2)6-8-16(22)20-9-3-4-14(19)17(20)23/h4-8,10H,3,9H2,1-2H3.